The van der Waals surface area contributed by atoms with Gasteiger partial charge < -0.3 is 9.67 Å². The van der Waals surface area contributed by atoms with Crippen molar-refractivity contribution in [3.05, 3.63) is 64.7 Å². The van der Waals surface area contributed by atoms with Crippen molar-refractivity contribution in [3.8, 4) is 0 Å². The molecule has 4 heterocycles. The van der Waals surface area contributed by atoms with E-state index in [2.05, 4.69) is 15.5 Å². The molecule has 2 aromatic heterocycles. The van der Waals surface area contributed by atoms with Crippen molar-refractivity contribution in [1.29, 1.82) is 0 Å². The number of pyridine rings is 1. The van der Waals surface area contributed by atoms with Gasteiger partial charge >= 0.3 is 0 Å². The highest BCUT2D eigenvalue weighted by molar-refractivity contribution is 5.83. The lowest BCUT2D eigenvalue weighted by Crippen LogP contribution is -2.31. The molecule has 1 N–H and O–H groups in total. The first-order chi connectivity index (χ1) is 13.1. The number of halogens is 1. The summed E-state index contributed by atoms with van der Waals surface area (Å²) in [7, 11) is 0. The van der Waals surface area contributed by atoms with Crippen LogP contribution < -0.4 is 0 Å². The number of hydrogen-bond donors (Lipinski definition) is 1. The molecule has 0 amide bonds. The summed E-state index contributed by atoms with van der Waals surface area (Å²) in [5, 5.41) is 10.8. The van der Waals surface area contributed by atoms with E-state index in [-0.39, 0.29) is 5.82 Å². The lowest BCUT2D eigenvalue weighted by Gasteiger charge is -2.31. The normalized spacial score (nSPS) is 20.6. The van der Waals surface area contributed by atoms with Gasteiger partial charge in [0.1, 0.15) is 5.82 Å². The molecular weight excluding hydrogens is 341 g/mol. The zero-order valence-electron chi connectivity index (χ0n) is 15.5. The molecule has 1 fully saturated rings. The van der Waals surface area contributed by atoms with Gasteiger partial charge in [-0.15, -0.1) is 0 Å². The van der Waals surface area contributed by atoms with Crippen LogP contribution in [0, 0.1) is 12.7 Å². The summed E-state index contributed by atoms with van der Waals surface area (Å²) in [6.45, 7) is 4.74. The summed E-state index contributed by atoms with van der Waals surface area (Å²) in [6.07, 6.45) is 2.73. The Balaban J connectivity index is 1.61. The maximum Gasteiger partial charge on any atom is 0.123 e. The van der Waals surface area contributed by atoms with Crippen molar-refractivity contribution in [2.24, 2.45) is 0 Å². The fraction of sp³-hybridized carbons (Fsp3) is 0.409. The molecule has 27 heavy (non-hydrogen) atoms. The molecule has 0 aliphatic carbocycles. The van der Waals surface area contributed by atoms with Crippen LogP contribution in [0.3, 0.4) is 0 Å². The van der Waals surface area contributed by atoms with Gasteiger partial charge in [-0.05, 0) is 56.1 Å². The molecular formula is C22H24FN3O. The smallest absolute Gasteiger partial charge is 0.123 e. The third-order valence-electron chi connectivity index (χ3n) is 6.14. The highest BCUT2D eigenvalue weighted by Crippen LogP contribution is 2.42. The Morgan fingerprint density at radius 1 is 1.19 bits per heavy atom. The lowest BCUT2D eigenvalue weighted by atomic mass is 9.98. The van der Waals surface area contributed by atoms with Gasteiger partial charge in [-0.25, -0.2) is 4.39 Å². The largest absolute Gasteiger partial charge is 0.387 e. The number of aliphatic hydroxyl groups excluding tert-OH is 1. The Bertz CT molecular complexity index is 995. The molecule has 140 valence electrons. The number of aryl methyl sites for hydroxylation is 1. The lowest BCUT2D eigenvalue weighted by molar-refractivity contribution is 0.155. The molecule has 0 spiro atoms. The Morgan fingerprint density at radius 2 is 2.00 bits per heavy atom. The number of benzene rings is 1. The number of nitrogens with zero attached hydrogens (tertiary/aromatic N) is 3. The zero-order valence-corrected chi connectivity index (χ0v) is 15.5. The quantitative estimate of drug-likeness (QED) is 0.765. The highest BCUT2D eigenvalue weighted by atomic mass is 19.1. The summed E-state index contributed by atoms with van der Waals surface area (Å²) < 4.78 is 15.5. The molecule has 2 unspecified atom stereocenters. The van der Waals surface area contributed by atoms with E-state index in [0.717, 1.165) is 35.3 Å². The van der Waals surface area contributed by atoms with E-state index in [1.54, 1.807) is 12.1 Å². The maximum atomic E-state index is 13.2. The fourth-order valence-corrected chi connectivity index (χ4v) is 4.85. The van der Waals surface area contributed by atoms with Crippen molar-refractivity contribution in [3.63, 3.8) is 0 Å². The first-order valence-electron chi connectivity index (χ1n) is 9.78. The fourth-order valence-electron chi connectivity index (χ4n) is 4.85. The number of aromatic nitrogens is 2. The maximum absolute atomic E-state index is 13.2. The number of hydrogen-bond acceptors (Lipinski definition) is 3. The monoisotopic (exact) mass is 365 g/mol. The van der Waals surface area contributed by atoms with Crippen LogP contribution in [0.5, 0.6) is 0 Å². The van der Waals surface area contributed by atoms with E-state index in [1.807, 2.05) is 13.0 Å². The average Bonchev–Trinajstić information content (AvgIpc) is 3.25. The molecule has 5 rings (SSSR count). The average molecular weight is 365 g/mol. The number of fused-ring (bicyclic) bond motifs is 5. The minimum absolute atomic E-state index is 0.282. The minimum Gasteiger partial charge on any atom is -0.387 e. The molecule has 5 heteroatoms. The molecule has 2 aliphatic rings. The molecule has 1 saturated heterocycles. The van der Waals surface area contributed by atoms with Gasteiger partial charge in [0.2, 0.25) is 0 Å². The third-order valence-corrected chi connectivity index (χ3v) is 6.14. The van der Waals surface area contributed by atoms with Gasteiger partial charge in [0, 0.05) is 36.0 Å². The van der Waals surface area contributed by atoms with Gasteiger partial charge in [-0.3, -0.25) is 9.88 Å². The van der Waals surface area contributed by atoms with E-state index in [1.165, 1.54) is 42.8 Å². The summed E-state index contributed by atoms with van der Waals surface area (Å²) >= 11 is 0. The molecule has 2 aliphatic heterocycles. The molecule has 0 bridgehead atoms. The van der Waals surface area contributed by atoms with Crippen molar-refractivity contribution in [1.82, 2.24) is 14.5 Å². The first kappa shape index (κ1) is 16.9. The standard InChI is InChI=1S/C22H24FN3O/c1-14-4-9-19-22(24-14)21-17-3-2-11-25(17)12-10-18(21)26(19)13-20(27)15-5-7-16(23)8-6-15/h4-9,17,20,27H,2-3,10-13H2,1H3. The zero-order chi connectivity index (χ0) is 18.5. The number of rotatable bonds is 3. The SMILES string of the molecule is Cc1ccc2c(n1)c1c(n2CC(O)c2ccc(F)cc2)CCN2CCCC12. The predicted molar refractivity (Wildman–Crippen MR) is 103 cm³/mol. The molecule has 0 radical (unpaired) electrons. The van der Waals surface area contributed by atoms with E-state index in [0.29, 0.717) is 12.6 Å². The van der Waals surface area contributed by atoms with Crippen LogP contribution in [-0.4, -0.2) is 32.6 Å². The Labute approximate surface area is 158 Å². The topological polar surface area (TPSA) is 41.3 Å². The van der Waals surface area contributed by atoms with Crippen molar-refractivity contribution in [2.75, 3.05) is 13.1 Å². The minimum atomic E-state index is -0.673. The second-order valence-electron chi connectivity index (χ2n) is 7.80. The summed E-state index contributed by atoms with van der Waals surface area (Å²) in [4.78, 5) is 7.46. The van der Waals surface area contributed by atoms with Crippen molar-refractivity contribution < 1.29 is 9.50 Å². The van der Waals surface area contributed by atoms with Crippen LogP contribution >= 0.6 is 0 Å². The first-order valence-corrected chi connectivity index (χ1v) is 9.78. The van der Waals surface area contributed by atoms with Gasteiger partial charge in [0.25, 0.3) is 0 Å². The third kappa shape index (κ3) is 2.77. The Kier molecular flexibility index (Phi) is 4.02. The second-order valence-corrected chi connectivity index (χ2v) is 7.80. The Morgan fingerprint density at radius 3 is 2.81 bits per heavy atom. The van der Waals surface area contributed by atoms with Crippen molar-refractivity contribution >= 4 is 11.0 Å². The van der Waals surface area contributed by atoms with Gasteiger partial charge in [-0.1, -0.05) is 12.1 Å². The summed E-state index contributed by atoms with van der Waals surface area (Å²) in [5.41, 5.74) is 6.63. The molecule has 1 aromatic carbocycles. The predicted octanol–water partition coefficient (Wildman–Crippen LogP) is 3.91. The molecule has 4 nitrogen and oxygen atoms in total. The van der Waals surface area contributed by atoms with Crippen LogP contribution in [-0.2, 0) is 13.0 Å². The highest BCUT2D eigenvalue weighted by Gasteiger charge is 2.36. The van der Waals surface area contributed by atoms with Crippen molar-refractivity contribution in [2.45, 2.75) is 44.9 Å². The molecule has 3 aromatic rings. The van der Waals surface area contributed by atoms with Crippen LogP contribution in [0.1, 0.15) is 47.5 Å². The van der Waals surface area contributed by atoms with E-state index >= 15 is 0 Å². The van der Waals surface area contributed by atoms with Crippen LogP contribution in [0.2, 0.25) is 0 Å². The van der Waals surface area contributed by atoms with Crippen LogP contribution in [0.4, 0.5) is 4.39 Å². The van der Waals surface area contributed by atoms with Gasteiger partial charge in [-0.2, -0.15) is 0 Å². The summed E-state index contributed by atoms with van der Waals surface area (Å²) in [5.74, 6) is -0.282. The second kappa shape index (κ2) is 6.43. The summed E-state index contributed by atoms with van der Waals surface area (Å²) in [6, 6.07) is 10.8. The van der Waals surface area contributed by atoms with E-state index in [9.17, 15) is 9.50 Å². The van der Waals surface area contributed by atoms with Gasteiger partial charge in [0.05, 0.1) is 23.7 Å². The van der Waals surface area contributed by atoms with Crippen LogP contribution in [0.15, 0.2) is 36.4 Å². The number of aliphatic hydroxyl groups is 1. The molecule has 0 saturated carbocycles. The van der Waals surface area contributed by atoms with E-state index in [4.69, 9.17) is 4.98 Å². The van der Waals surface area contributed by atoms with E-state index < -0.39 is 6.10 Å². The molecule has 2 atom stereocenters. The van der Waals surface area contributed by atoms with Crippen LogP contribution in [0.25, 0.3) is 11.0 Å². The Hall–Kier alpha value is -2.24. The van der Waals surface area contributed by atoms with Gasteiger partial charge in [0.15, 0.2) is 0 Å².